The van der Waals surface area contributed by atoms with Crippen molar-refractivity contribution in [2.75, 3.05) is 4.90 Å². The van der Waals surface area contributed by atoms with Gasteiger partial charge in [-0.15, -0.1) is 11.3 Å². The fraction of sp³-hybridized carbons (Fsp3) is 0.143. The van der Waals surface area contributed by atoms with E-state index in [4.69, 9.17) is 11.6 Å². The molecule has 0 fully saturated rings. The summed E-state index contributed by atoms with van der Waals surface area (Å²) in [5.41, 5.74) is 1.01. The Kier molecular flexibility index (Phi) is 5.13. The molecule has 9 heteroatoms. The summed E-state index contributed by atoms with van der Waals surface area (Å²) in [5.74, 6) is -2.63. The largest absolute Gasteiger partial charge is 0.503 e. The second kappa shape index (κ2) is 7.62. The first-order valence-electron chi connectivity index (χ1n) is 8.91. The first-order valence-corrected chi connectivity index (χ1v) is 10.1. The van der Waals surface area contributed by atoms with Gasteiger partial charge in [0.2, 0.25) is 5.78 Å². The monoisotopic (exact) mass is 443 g/mol. The van der Waals surface area contributed by atoms with Gasteiger partial charge in [-0.3, -0.25) is 19.5 Å². The summed E-state index contributed by atoms with van der Waals surface area (Å²) in [6, 6.07) is 7.80. The number of anilines is 1. The summed E-state index contributed by atoms with van der Waals surface area (Å²) in [6.45, 7) is 3.46. The first-order chi connectivity index (χ1) is 14.3. The lowest BCUT2D eigenvalue weighted by molar-refractivity contribution is -0.117. The van der Waals surface area contributed by atoms with E-state index in [9.17, 15) is 19.1 Å². The highest BCUT2D eigenvalue weighted by Crippen LogP contribution is 2.42. The van der Waals surface area contributed by atoms with E-state index in [1.54, 1.807) is 32.0 Å². The van der Waals surface area contributed by atoms with Crippen molar-refractivity contribution < 1.29 is 19.1 Å². The molecule has 152 valence electrons. The number of nitrogens with zero attached hydrogens (tertiary/aromatic N) is 3. The van der Waals surface area contributed by atoms with Crippen molar-refractivity contribution in [3.05, 3.63) is 86.0 Å². The number of rotatable bonds is 4. The molecule has 3 aromatic rings. The Bertz CT molecular complexity index is 1210. The maximum atomic E-state index is 13.7. The molecular formula is C21H15ClFN3O3S. The molecule has 0 bridgehead atoms. The van der Waals surface area contributed by atoms with Crippen molar-refractivity contribution in [3.8, 4) is 0 Å². The molecule has 0 saturated heterocycles. The molecule has 1 aromatic carbocycles. The fourth-order valence-electron chi connectivity index (χ4n) is 3.42. The van der Waals surface area contributed by atoms with Gasteiger partial charge in [-0.2, -0.15) is 0 Å². The molecule has 1 amide bonds. The lowest BCUT2D eigenvalue weighted by atomic mass is 9.98. The lowest BCUT2D eigenvalue weighted by Gasteiger charge is -2.26. The zero-order valence-corrected chi connectivity index (χ0v) is 17.5. The number of Topliss-reactive ketones (excluding diaryl/α,β-unsaturated/α-hetero) is 1. The lowest BCUT2D eigenvalue weighted by Crippen LogP contribution is -2.31. The first kappa shape index (κ1) is 20.2. The topological polar surface area (TPSA) is 83.4 Å². The Morgan fingerprint density at radius 2 is 2.03 bits per heavy atom. The SMILES string of the molecule is Cc1nc(C)c(C(=O)C2=C(O)C(=O)N(c3ccc(F)c(Cl)c3)C2c2ccccn2)s1. The Morgan fingerprint density at radius 1 is 1.27 bits per heavy atom. The third-order valence-electron chi connectivity index (χ3n) is 4.71. The van der Waals surface area contributed by atoms with E-state index in [0.717, 1.165) is 6.07 Å². The van der Waals surface area contributed by atoms with Crippen LogP contribution >= 0.6 is 22.9 Å². The molecule has 3 heterocycles. The number of aliphatic hydroxyl groups excluding tert-OH is 1. The number of hydrogen-bond donors (Lipinski definition) is 1. The van der Waals surface area contributed by atoms with E-state index in [1.807, 2.05) is 0 Å². The number of aromatic nitrogens is 2. The van der Waals surface area contributed by atoms with Crippen LogP contribution in [0.25, 0.3) is 0 Å². The molecule has 1 aliphatic rings. The van der Waals surface area contributed by atoms with Gasteiger partial charge in [-0.05, 0) is 44.2 Å². The van der Waals surface area contributed by atoms with Crippen LogP contribution in [-0.4, -0.2) is 26.8 Å². The number of amides is 1. The van der Waals surface area contributed by atoms with E-state index in [-0.39, 0.29) is 16.3 Å². The van der Waals surface area contributed by atoms with E-state index in [0.29, 0.717) is 21.3 Å². The van der Waals surface area contributed by atoms with Crippen molar-refractivity contribution in [2.45, 2.75) is 19.9 Å². The van der Waals surface area contributed by atoms with E-state index < -0.39 is 29.3 Å². The van der Waals surface area contributed by atoms with Crippen LogP contribution in [0.4, 0.5) is 10.1 Å². The minimum Gasteiger partial charge on any atom is -0.503 e. The molecular weight excluding hydrogens is 429 g/mol. The van der Waals surface area contributed by atoms with Gasteiger partial charge in [0.1, 0.15) is 11.9 Å². The van der Waals surface area contributed by atoms with Crippen LogP contribution < -0.4 is 4.90 Å². The van der Waals surface area contributed by atoms with Gasteiger partial charge in [0.25, 0.3) is 5.91 Å². The number of aryl methyl sites for hydroxylation is 2. The van der Waals surface area contributed by atoms with E-state index in [2.05, 4.69) is 9.97 Å². The standard InChI is InChI=1S/C21H15ClFN3O3S/c1-10-20(30-11(2)25-10)18(27)16-17(15-5-3-4-8-24-15)26(21(29)19(16)28)12-6-7-14(23)13(22)9-12/h3-9,17,28H,1-2H3. The van der Waals surface area contributed by atoms with Gasteiger partial charge in [0.05, 0.1) is 31.9 Å². The number of aliphatic hydroxyl groups is 1. The molecule has 30 heavy (non-hydrogen) atoms. The summed E-state index contributed by atoms with van der Waals surface area (Å²) in [4.78, 5) is 36.5. The molecule has 1 atom stereocenters. The second-order valence-corrected chi connectivity index (χ2v) is 8.28. The summed E-state index contributed by atoms with van der Waals surface area (Å²) in [5, 5.41) is 11.2. The zero-order valence-electron chi connectivity index (χ0n) is 15.9. The Morgan fingerprint density at radius 3 is 2.63 bits per heavy atom. The smallest absolute Gasteiger partial charge is 0.294 e. The summed E-state index contributed by atoms with van der Waals surface area (Å²) >= 11 is 7.09. The summed E-state index contributed by atoms with van der Waals surface area (Å²) in [6.07, 6.45) is 1.52. The van der Waals surface area contributed by atoms with Gasteiger partial charge in [-0.25, -0.2) is 9.37 Å². The number of pyridine rings is 1. The number of carbonyl (C=O) groups is 2. The summed E-state index contributed by atoms with van der Waals surface area (Å²) in [7, 11) is 0. The molecule has 0 spiro atoms. The highest BCUT2D eigenvalue weighted by molar-refractivity contribution is 7.14. The zero-order chi connectivity index (χ0) is 21.6. The van der Waals surface area contributed by atoms with Gasteiger partial charge >= 0.3 is 0 Å². The number of thiazole rings is 1. The van der Waals surface area contributed by atoms with Crippen LogP contribution in [0, 0.1) is 19.7 Å². The molecule has 2 aromatic heterocycles. The van der Waals surface area contributed by atoms with Crippen LogP contribution in [0.5, 0.6) is 0 Å². The summed E-state index contributed by atoms with van der Waals surface area (Å²) < 4.78 is 13.7. The van der Waals surface area contributed by atoms with E-state index in [1.165, 1.54) is 34.6 Å². The Labute approximate surface area is 180 Å². The highest BCUT2D eigenvalue weighted by Gasteiger charge is 2.46. The molecule has 0 saturated carbocycles. The Balaban J connectivity index is 1.90. The number of carbonyl (C=O) groups excluding carboxylic acids is 2. The quantitative estimate of drug-likeness (QED) is 0.589. The molecule has 0 radical (unpaired) electrons. The van der Waals surface area contributed by atoms with Crippen molar-refractivity contribution in [3.63, 3.8) is 0 Å². The van der Waals surface area contributed by atoms with Crippen LogP contribution in [0.1, 0.15) is 32.1 Å². The minimum absolute atomic E-state index is 0.106. The van der Waals surface area contributed by atoms with Crippen molar-refractivity contribution in [1.82, 2.24) is 9.97 Å². The van der Waals surface area contributed by atoms with Gasteiger partial charge in [-0.1, -0.05) is 17.7 Å². The Hall–Kier alpha value is -3.10. The third-order valence-corrected chi connectivity index (χ3v) is 6.07. The predicted molar refractivity (Wildman–Crippen MR) is 111 cm³/mol. The van der Waals surface area contributed by atoms with Crippen molar-refractivity contribution in [1.29, 1.82) is 0 Å². The van der Waals surface area contributed by atoms with Crippen molar-refractivity contribution >= 4 is 40.3 Å². The number of ketones is 1. The van der Waals surface area contributed by atoms with Crippen LogP contribution in [-0.2, 0) is 4.79 Å². The second-order valence-electron chi connectivity index (χ2n) is 6.67. The van der Waals surface area contributed by atoms with Crippen LogP contribution in [0.15, 0.2) is 53.9 Å². The van der Waals surface area contributed by atoms with Crippen molar-refractivity contribution in [2.24, 2.45) is 0 Å². The van der Waals surface area contributed by atoms with Crippen LogP contribution in [0.3, 0.4) is 0 Å². The number of halogens is 2. The average molecular weight is 444 g/mol. The molecule has 0 aliphatic carbocycles. The molecule has 4 rings (SSSR count). The third kappa shape index (κ3) is 3.28. The van der Waals surface area contributed by atoms with Gasteiger partial charge in [0.15, 0.2) is 5.76 Å². The fourth-order valence-corrected chi connectivity index (χ4v) is 4.47. The molecule has 1 unspecified atom stereocenters. The average Bonchev–Trinajstić information content (AvgIpc) is 3.20. The highest BCUT2D eigenvalue weighted by atomic mass is 35.5. The van der Waals surface area contributed by atoms with Crippen LogP contribution in [0.2, 0.25) is 5.02 Å². The number of benzene rings is 1. The minimum atomic E-state index is -1.01. The van der Waals surface area contributed by atoms with Gasteiger partial charge in [0, 0.05) is 11.9 Å². The number of hydrogen-bond acceptors (Lipinski definition) is 6. The normalized spacial score (nSPS) is 16.5. The maximum absolute atomic E-state index is 13.7. The molecule has 6 nitrogen and oxygen atoms in total. The molecule has 1 aliphatic heterocycles. The van der Waals surface area contributed by atoms with Gasteiger partial charge < -0.3 is 5.11 Å². The molecule has 1 N–H and O–H groups in total. The predicted octanol–water partition coefficient (Wildman–Crippen LogP) is 4.73. The van der Waals surface area contributed by atoms with E-state index >= 15 is 0 Å². The maximum Gasteiger partial charge on any atom is 0.294 e.